The second kappa shape index (κ2) is 7.33. The van der Waals surface area contributed by atoms with Gasteiger partial charge in [-0.25, -0.2) is 9.59 Å². The fourth-order valence-corrected chi connectivity index (χ4v) is 1.76. The van der Waals surface area contributed by atoms with Crippen molar-refractivity contribution >= 4 is 24.5 Å². The molecule has 0 aliphatic carbocycles. The Kier molecular flexibility index (Phi) is 6.16. The maximum Gasteiger partial charge on any atom is 0.491 e. The molecule has 0 unspecified atom stereocenters. The molecule has 0 amide bonds. The lowest BCUT2D eigenvalue weighted by Crippen LogP contribution is -2.53. The molecule has 7 nitrogen and oxygen atoms in total. The maximum atomic E-state index is 11.8. The van der Waals surface area contributed by atoms with E-state index in [0.29, 0.717) is 0 Å². The molecule has 0 aliphatic heterocycles. The lowest BCUT2D eigenvalue weighted by atomic mass is 9.75. The van der Waals surface area contributed by atoms with Crippen molar-refractivity contribution in [1.29, 1.82) is 0 Å². The summed E-state index contributed by atoms with van der Waals surface area (Å²) >= 11 is 0. The minimum Gasteiger partial charge on any atom is -0.465 e. The molecule has 24 heavy (non-hydrogen) atoms. The number of esters is 2. The van der Waals surface area contributed by atoms with E-state index < -0.39 is 30.3 Å². The van der Waals surface area contributed by atoms with Crippen LogP contribution in [0.25, 0.3) is 0 Å². The molecule has 0 atom stereocenters. The van der Waals surface area contributed by atoms with E-state index in [1.54, 1.807) is 27.7 Å². The Morgan fingerprint density at radius 2 is 1.38 bits per heavy atom. The highest BCUT2D eigenvalue weighted by Crippen LogP contribution is 2.25. The van der Waals surface area contributed by atoms with E-state index in [1.165, 1.54) is 32.4 Å². The van der Waals surface area contributed by atoms with Crippen LogP contribution in [-0.2, 0) is 14.1 Å². The molecule has 0 bridgehead atoms. The summed E-state index contributed by atoms with van der Waals surface area (Å²) in [5.74, 6) is -1.34. The van der Waals surface area contributed by atoms with Crippen molar-refractivity contribution in [3.8, 4) is 0 Å². The molecule has 1 aromatic rings. The number of methoxy groups -OCH3 is 2. The molecule has 0 saturated heterocycles. The van der Waals surface area contributed by atoms with Gasteiger partial charge in [0.1, 0.15) is 0 Å². The summed E-state index contributed by atoms with van der Waals surface area (Å²) in [6, 6.07) is 4.00. The largest absolute Gasteiger partial charge is 0.491 e. The van der Waals surface area contributed by atoms with Gasteiger partial charge in [0, 0.05) is 0 Å². The standard InChI is InChI=1S/C16H23BO7/c1-15(2,20)16(3,4)24-17(21)12-8-10(13(18)22-5)7-11(9-12)14(19)23-6/h7-9,20-21H,1-6H3. The van der Waals surface area contributed by atoms with Gasteiger partial charge in [0.15, 0.2) is 0 Å². The Balaban J connectivity index is 3.26. The molecule has 0 spiro atoms. The van der Waals surface area contributed by atoms with Gasteiger partial charge in [-0.3, -0.25) is 0 Å². The third kappa shape index (κ3) is 4.56. The fraction of sp³-hybridized carbons (Fsp3) is 0.500. The lowest BCUT2D eigenvalue weighted by molar-refractivity contribution is -0.0982. The van der Waals surface area contributed by atoms with E-state index in [0.717, 1.165) is 0 Å². The van der Waals surface area contributed by atoms with Crippen molar-refractivity contribution in [2.45, 2.75) is 38.9 Å². The summed E-state index contributed by atoms with van der Waals surface area (Å²) in [6.07, 6.45) is 0. The van der Waals surface area contributed by atoms with Crippen molar-refractivity contribution in [1.82, 2.24) is 0 Å². The highest BCUT2D eigenvalue weighted by Gasteiger charge is 2.39. The number of rotatable bonds is 6. The summed E-state index contributed by atoms with van der Waals surface area (Å²) in [7, 11) is 0.938. The van der Waals surface area contributed by atoms with Gasteiger partial charge in [0.25, 0.3) is 0 Å². The maximum absolute atomic E-state index is 11.8. The molecule has 0 fully saturated rings. The van der Waals surface area contributed by atoms with Crippen LogP contribution in [0, 0.1) is 0 Å². The predicted octanol–water partition coefficient (Wildman–Crippen LogP) is 0.513. The van der Waals surface area contributed by atoms with Crippen LogP contribution >= 0.6 is 0 Å². The second-order valence-electron chi connectivity index (χ2n) is 6.37. The topological polar surface area (TPSA) is 102 Å². The molecule has 0 saturated carbocycles. The molecule has 0 aliphatic rings. The lowest BCUT2D eigenvalue weighted by Gasteiger charge is -2.38. The first-order chi connectivity index (χ1) is 10.9. The normalized spacial score (nSPS) is 11.8. The average Bonchev–Trinajstić information content (AvgIpc) is 2.51. The summed E-state index contributed by atoms with van der Waals surface area (Å²) in [6.45, 7) is 6.32. The van der Waals surface area contributed by atoms with E-state index in [2.05, 4.69) is 9.47 Å². The molecular weight excluding hydrogens is 315 g/mol. The summed E-state index contributed by atoms with van der Waals surface area (Å²) < 4.78 is 14.8. The van der Waals surface area contributed by atoms with E-state index >= 15 is 0 Å². The van der Waals surface area contributed by atoms with Gasteiger partial charge < -0.3 is 24.3 Å². The van der Waals surface area contributed by atoms with Crippen LogP contribution in [0.5, 0.6) is 0 Å². The van der Waals surface area contributed by atoms with Crippen molar-refractivity contribution in [3.63, 3.8) is 0 Å². The van der Waals surface area contributed by atoms with Crippen LogP contribution in [0.3, 0.4) is 0 Å². The average molecular weight is 338 g/mol. The minimum absolute atomic E-state index is 0.0686. The first-order valence-corrected chi connectivity index (χ1v) is 7.33. The first kappa shape index (κ1) is 20.2. The number of aliphatic hydroxyl groups is 1. The molecule has 1 aromatic carbocycles. The smallest absolute Gasteiger partial charge is 0.465 e. The third-order valence-electron chi connectivity index (χ3n) is 3.96. The highest BCUT2D eigenvalue weighted by atomic mass is 16.5. The molecule has 8 heteroatoms. The van der Waals surface area contributed by atoms with E-state index in [4.69, 9.17) is 4.65 Å². The Morgan fingerprint density at radius 1 is 0.958 bits per heavy atom. The Labute approximate surface area is 141 Å². The van der Waals surface area contributed by atoms with Crippen LogP contribution in [-0.4, -0.2) is 54.6 Å². The molecule has 1 rings (SSSR count). The minimum atomic E-state index is -1.47. The van der Waals surface area contributed by atoms with Gasteiger partial charge in [-0.2, -0.15) is 0 Å². The number of ether oxygens (including phenoxy) is 2. The van der Waals surface area contributed by atoms with Crippen LogP contribution in [0.2, 0.25) is 0 Å². The summed E-state index contributed by atoms with van der Waals surface area (Å²) in [4.78, 5) is 23.5. The SMILES string of the molecule is COC(=O)c1cc(B(O)OC(C)(C)C(C)(C)O)cc(C(=O)OC)c1. The molecule has 0 heterocycles. The van der Waals surface area contributed by atoms with E-state index in [9.17, 15) is 19.7 Å². The quantitative estimate of drug-likeness (QED) is 0.576. The van der Waals surface area contributed by atoms with Gasteiger partial charge >= 0.3 is 19.1 Å². The van der Waals surface area contributed by atoms with Gasteiger partial charge in [-0.1, -0.05) is 0 Å². The number of carbonyl (C=O) groups excluding carboxylic acids is 2. The first-order valence-electron chi connectivity index (χ1n) is 7.33. The predicted molar refractivity (Wildman–Crippen MR) is 88.2 cm³/mol. The Hall–Kier alpha value is -1.90. The molecule has 0 radical (unpaired) electrons. The Bertz CT molecular complexity index is 585. The molecule has 0 aromatic heterocycles. The monoisotopic (exact) mass is 338 g/mol. The van der Waals surface area contributed by atoms with Gasteiger partial charge in [-0.05, 0) is 51.4 Å². The van der Waals surface area contributed by atoms with Crippen LogP contribution < -0.4 is 5.46 Å². The van der Waals surface area contributed by atoms with Crippen molar-refractivity contribution in [2.75, 3.05) is 14.2 Å². The van der Waals surface area contributed by atoms with Crippen molar-refractivity contribution in [2.24, 2.45) is 0 Å². The zero-order chi connectivity index (χ0) is 18.7. The van der Waals surface area contributed by atoms with Gasteiger partial charge in [0.2, 0.25) is 0 Å². The molecule has 132 valence electrons. The third-order valence-corrected chi connectivity index (χ3v) is 3.96. The summed E-state index contributed by atoms with van der Waals surface area (Å²) in [5, 5.41) is 20.5. The highest BCUT2D eigenvalue weighted by molar-refractivity contribution is 6.60. The molecule has 2 N–H and O–H groups in total. The van der Waals surface area contributed by atoms with Crippen LogP contribution in [0.1, 0.15) is 48.4 Å². The number of hydrogen-bond donors (Lipinski definition) is 2. The van der Waals surface area contributed by atoms with Crippen LogP contribution in [0.4, 0.5) is 0 Å². The fourth-order valence-electron chi connectivity index (χ4n) is 1.76. The van der Waals surface area contributed by atoms with Crippen molar-refractivity contribution in [3.05, 3.63) is 29.3 Å². The zero-order valence-electron chi connectivity index (χ0n) is 14.7. The van der Waals surface area contributed by atoms with E-state index in [1.807, 2.05) is 0 Å². The number of carbonyl (C=O) groups is 2. The van der Waals surface area contributed by atoms with Crippen LogP contribution in [0.15, 0.2) is 18.2 Å². The number of benzene rings is 1. The van der Waals surface area contributed by atoms with E-state index in [-0.39, 0.29) is 16.6 Å². The Morgan fingerprint density at radius 3 is 1.71 bits per heavy atom. The zero-order valence-corrected chi connectivity index (χ0v) is 14.7. The van der Waals surface area contributed by atoms with Crippen molar-refractivity contribution < 1.29 is 33.8 Å². The van der Waals surface area contributed by atoms with Gasteiger partial charge in [0.05, 0.1) is 36.5 Å². The second-order valence-corrected chi connectivity index (χ2v) is 6.37. The molecular formula is C16H23BO7. The summed E-state index contributed by atoms with van der Waals surface area (Å²) in [5.41, 5.74) is -2.04. The number of hydrogen-bond acceptors (Lipinski definition) is 7. The van der Waals surface area contributed by atoms with Gasteiger partial charge in [-0.15, -0.1) is 0 Å².